The van der Waals surface area contributed by atoms with E-state index in [4.69, 9.17) is 42.4 Å². The average molecular weight is 296 g/mol. The monoisotopic (exact) mass is 294 g/mol. The van der Waals surface area contributed by atoms with Crippen molar-refractivity contribution >= 4 is 0 Å². The van der Waals surface area contributed by atoms with Gasteiger partial charge in [0.1, 0.15) is 0 Å². The van der Waals surface area contributed by atoms with E-state index < -0.39 is 20.5 Å². The smallest absolute Gasteiger partial charge is 0.400 e. The molecule has 0 saturated carbocycles. The largest absolute Gasteiger partial charge is 2.00 e. The van der Waals surface area contributed by atoms with Gasteiger partial charge >= 0.3 is 19.5 Å². The second kappa shape index (κ2) is 10.9. The van der Waals surface area contributed by atoms with Gasteiger partial charge in [-0.15, -0.1) is 20.5 Å². The summed E-state index contributed by atoms with van der Waals surface area (Å²) in [5, 5.41) is 7.00. The molecular formula is CH4Cl2O9Zn. The van der Waals surface area contributed by atoms with Crippen LogP contribution in [0.1, 0.15) is 0 Å². The third-order valence-electron chi connectivity index (χ3n) is 0. The van der Waals surface area contributed by atoms with Crippen LogP contribution in [0.3, 0.4) is 0 Å². The van der Waals surface area contributed by atoms with E-state index in [1.807, 2.05) is 0 Å². The van der Waals surface area contributed by atoms with Gasteiger partial charge in [-0.05, 0) is 0 Å². The first-order chi connectivity index (χ1) is 5.00. The molecule has 0 bridgehead atoms. The molecule has 1 N–H and O–H groups in total. The van der Waals surface area contributed by atoms with E-state index >= 15 is 0 Å². The number of aliphatic hydroxyl groups is 1. The number of aliphatic hydroxyl groups excluding tert-OH is 1. The van der Waals surface area contributed by atoms with Gasteiger partial charge in [0.25, 0.3) is 0 Å². The van der Waals surface area contributed by atoms with Gasteiger partial charge in [-0.25, -0.2) is 37.3 Å². The SMILES string of the molecule is CO.[O-][Cl+3]([O-])([O-])[O-].[O-][Cl+3]([O-])([O-])[O-].[Zn+2]. The van der Waals surface area contributed by atoms with E-state index in [1.54, 1.807) is 0 Å². The molecule has 0 aliphatic carbocycles. The summed E-state index contributed by atoms with van der Waals surface area (Å²) in [6.45, 7) is 0. The molecule has 0 rings (SSSR count). The second-order valence-electron chi connectivity index (χ2n) is 0.756. The second-order valence-corrected chi connectivity index (χ2v) is 2.27. The molecule has 0 atom stereocenters. The van der Waals surface area contributed by atoms with Crippen LogP contribution in [0, 0.1) is 20.5 Å². The number of halogens is 2. The van der Waals surface area contributed by atoms with Crippen molar-refractivity contribution in [2.75, 3.05) is 7.11 Å². The molecule has 0 aliphatic rings. The normalized spacial score (nSPS) is 9.69. The molecule has 0 radical (unpaired) electrons. The number of hydrogen-bond donors (Lipinski definition) is 1. The van der Waals surface area contributed by atoms with E-state index in [9.17, 15) is 0 Å². The van der Waals surface area contributed by atoms with Gasteiger partial charge in [-0.1, -0.05) is 0 Å². The summed E-state index contributed by atoms with van der Waals surface area (Å²) in [6, 6.07) is 0. The van der Waals surface area contributed by atoms with Gasteiger partial charge in [-0.2, -0.15) is 0 Å². The van der Waals surface area contributed by atoms with E-state index in [1.165, 1.54) is 0 Å². The van der Waals surface area contributed by atoms with Crippen LogP contribution in [0.5, 0.6) is 0 Å². The standard InChI is InChI=1S/CH4O.2ClHO4.Zn/c1-2;2*2-1(3,4)5;/h2H,1H3;2*(H,2,3,4,5);/q;;;+2/p-2. The molecule has 0 saturated heterocycles. The Morgan fingerprint density at radius 2 is 0.615 bits per heavy atom. The molecule has 0 aromatic carbocycles. The minimum absolute atomic E-state index is 0. The van der Waals surface area contributed by atoms with Crippen LogP contribution >= 0.6 is 0 Å². The summed E-state index contributed by atoms with van der Waals surface area (Å²) in [7, 11) is -8.89. The van der Waals surface area contributed by atoms with E-state index in [0.29, 0.717) is 0 Å². The summed E-state index contributed by atoms with van der Waals surface area (Å²) in [6.07, 6.45) is 0. The molecular weight excluding hydrogens is 292 g/mol. The van der Waals surface area contributed by atoms with Gasteiger partial charge in [0.15, 0.2) is 0 Å². The molecule has 0 fully saturated rings. The maximum atomic E-state index is 8.49. The molecule has 0 aromatic rings. The maximum absolute atomic E-state index is 8.49. The Labute approximate surface area is 89.7 Å². The number of hydrogen-bond acceptors (Lipinski definition) is 9. The first-order valence-electron chi connectivity index (χ1n) is 1.68. The predicted molar refractivity (Wildman–Crippen MR) is 8.14 cm³/mol. The first-order valence-corrected chi connectivity index (χ1v) is 4.15. The number of rotatable bonds is 0. The zero-order chi connectivity index (χ0) is 11.0. The van der Waals surface area contributed by atoms with Crippen molar-refractivity contribution in [2.45, 2.75) is 0 Å². The third kappa shape index (κ3) is 2120. The average Bonchev–Trinajstić information content (AvgIpc) is 1.59. The molecule has 12 heteroatoms. The van der Waals surface area contributed by atoms with Crippen LogP contribution in [-0.2, 0) is 19.5 Å². The topological polar surface area (TPSA) is 205 Å². The summed E-state index contributed by atoms with van der Waals surface area (Å²) in [5.74, 6) is 0. The molecule has 0 aliphatic heterocycles. The van der Waals surface area contributed by atoms with Crippen LogP contribution < -0.4 is 37.3 Å². The fourth-order valence-corrected chi connectivity index (χ4v) is 0. The van der Waals surface area contributed by atoms with Gasteiger partial charge < -0.3 is 5.11 Å². The summed E-state index contributed by atoms with van der Waals surface area (Å²) in [4.78, 5) is 0. The molecule has 0 aromatic heterocycles. The van der Waals surface area contributed by atoms with Crippen molar-refractivity contribution in [1.82, 2.24) is 0 Å². The van der Waals surface area contributed by atoms with Crippen molar-refractivity contribution in [2.24, 2.45) is 0 Å². The first kappa shape index (κ1) is 23.6. The Balaban J connectivity index is -0.0000000491. The van der Waals surface area contributed by atoms with Crippen LogP contribution in [-0.4, -0.2) is 12.2 Å². The minimum atomic E-state index is -4.94. The van der Waals surface area contributed by atoms with Gasteiger partial charge in [0, 0.05) is 7.11 Å². The predicted octanol–water partition coefficient (Wildman–Crippen LogP) is -9.91. The Morgan fingerprint density at radius 3 is 0.615 bits per heavy atom. The Bertz CT molecular complexity index is 60.6. The summed E-state index contributed by atoms with van der Waals surface area (Å²) >= 11 is 0. The summed E-state index contributed by atoms with van der Waals surface area (Å²) < 4.78 is 67.9. The molecule has 9 nitrogen and oxygen atoms in total. The Morgan fingerprint density at radius 1 is 0.615 bits per heavy atom. The fraction of sp³-hybridized carbons (Fsp3) is 1.00. The van der Waals surface area contributed by atoms with Crippen molar-refractivity contribution in [3.05, 3.63) is 0 Å². The molecule has 78 valence electrons. The fourth-order valence-electron chi connectivity index (χ4n) is 0. The minimum Gasteiger partial charge on any atom is -0.400 e. The van der Waals surface area contributed by atoms with E-state index in [2.05, 4.69) is 0 Å². The third-order valence-corrected chi connectivity index (χ3v) is 0. The summed E-state index contributed by atoms with van der Waals surface area (Å²) in [5.41, 5.74) is 0. The van der Waals surface area contributed by atoms with Crippen LogP contribution in [0.25, 0.3) is 0 Å². The van der Waals surface area contributed by atoms with Crippen LogP contribution in [0.2, 0.25) is 0 Å². The molecule has 0 spiro atoms. The van der Waals surface area contributed by atoms with Crippen LogP contribution in [0.4, 0.5) is 0 Å². The maximum Gasteiger partial charge on any atom is 2.00 e. The zero-order valence-corrected chi connectivity index (χ0v) is 10.7. The van der Waals surface area contributed by atoms with Crippen LogP contribution in [0.15, 0.2) is 0 Å². The van der Waals surface area contributed by atoms with Crippen molar-refractivity contribution in [3.8, 4) is 0 Å². The van der Waals surface area contributed by atoms with Crippen molar-refractivity contribution < 1.29 is 82.3 Å². The Hall–Kier alpha value is 0.843. The van der Waals surface area contributed by atoms with E-state index in [-0.39, 0.29) is 19.5 Å². The zero-order valence-electron chi connectivity index (χ0n) is 6.18. The molecule has 13 heavy (non-hydrogen) atoms. The van der Waals surface area contributed by atoms with E-state index in [0.717, 1.165) is 7.11 Å². The molecule has 0 unspecified atom stereocenters. The Kier molecular flexibility index (Phi) is 19.8. The molecule has 0 heterocycles. The van der Waals surface area contributed by atoms with Crippen molar-refractivity contribution in [1.29, 1.82) is 0 Å². The van der Waals surface area contributed by atoms with Gasteiger partial charge in [0.2, 0.25) is 0 Å². The van der Waals surface area contributed by atoms with Gasteiger partial charge in [0.05, 0.1) is 0 Å². The quantitative estimate of drug-likeness (QED) is 0.420. The van der Waals surface area contributed by atoms with Gasteiger partial charge in [-0.3, -0.25) is 0 Å². The van der Waals surface area contributed by atoms with Crippen molar-refractivity contribution in [3.63, 3.8) is 0 Å². The molecule has 0 amide bonds.